The fraction of sp³-hybridized carbons (Fsp3) is 0. The van der Waals surface area contributed by atoms with Gasteiger partial charge in [-0.1, -0.05) is 24.3 Å². The molecule has 0 bridgehead atoms. The highest BCUT2D eigenvalue weighted by Gasteiger charge is 2.06. The Morgan fingerprint density at radius 1 is 0.607 bits per heavy atom. The van der Waals surface area contributed by atoms with Gasteiger partial charge >= 0.3 is 0 Å². The van der Waals surface area contributed by atoms with Gasteiger partial charge in [-0.05, 0) is 71.8 Å². The number of anilines is 2. The number of para-hydroxylation sites is 1. The molecule has 5 aromatic rings. The van der Waals surface area contributed by atoms with Crippen molar-refractivity contribution in [2.24, 2.45) is 0 Å². The molecule has 4 heteroatoms. The lowest BCUT2D eigenvalue weighted by Crippen LogP contribution is -1.90. The van der Waals surface area contributed by atoms with Crippen LogP contribution in [0.5, 0.6) is 0 Å². The lowest BCUT2D eigenvalue weighted by Gasteiger charge is -2.08. The molecule has 0 radical (unpaired) electrons. The van der Waals surface area contributed by atoms with Gasteiger partial charge in [0.2, 0.25) is 0 Å². The van der Waals surface area contributed by atoms with E-state index in [4.69, 9.17) is 4.98 Å². The van der Waals surface area contributed by atoms with Crippen LogP contribution in [-0.2, 0) is 0 Å². The van der Waals surface area contributed by atoms with E-state index in [0.29, 0.717) is 0 Å². The molecule has 3 aromatic carbocycles. The molecular formula is C24H17N3S. The topological polar surface area (TPSA) is 37.8 Å². The molecule has 0 atom stereocenters. The first-order valence-corrected chi connectivity index (χ1v) is 9.90. The third-order valence-electron chi connectivity index (χ3n) is 4.61. The predicted octanol–water partition coefficient (Wildman–Crippen LogP) is 6.77. The molecule has 134 valence electrons. The summed E-state index contributed by atoms with van der Waals surface area (Å²) in [6.07, 6.45) is 3.63. The molecule has 0 spiro atoms. The van der Waals surface area contributed by atoms with E-state index < -0.39 is 0 Å². The van der Waals surface area contributed by atoms with Crippen LogP contribution < -0.4 is 5.32 Å². The zero-order chi connectivity index (χ0) is 18.8. The summed E-state index contributed by atoms with van der Waals surface area (Å²) in [5.41, 5.74) is 6.66. The SMILES string of the molecule is c1ccc2sc(-c3ccc(Nc4ccc(-c5ccncc5)cc4)cc3)nc2c1. The molecule has 5 rings (SSSR count). The fourth-order valence-corrected chi connectivity index (χ4v) is 4.12. The van der Waals surface area contributed by atoms with Crippen LogP contribution in [0.25, 0.3) is 31.9 Å². The molecule has 2 aromatic heterocycles. The van der Waals surface area contributed by atoms with Crippen molar-refractivity contribution in [1.29, 1.82) is 0 Å². The van der Waals surface area contributed by atoms with Crippen molar-refractivity contribution in [2.75, 3.05) is 5.32 Å². The Bertz CT molecular complexity index is 1180. The van der Waals surface area contributed by atoms with Gasteiger partial charge < -0.3 is 5.32 Å². The molecule has 28 heavy (non-hydrogen) atoms. The standard InChI is InChI=1S/C24H17N3S/c1-2-4-23-22(3-1)27-24(28-23)19-7-11-21(12-8-19)26-20-9-5-17(6-10-20)18-13-15-25-16-14-18/h1-16,26H. The fourth-order valence-electron chi connectivity index (χ4n) is 3.15. The maximum Gasteiger partial charge on any atom is 0.124 e. The second-order valence-corrected chi connectivity index (χ2v) is 7.53. The van der Waals surface area contributed by atoms with Gasteiger partial charge in [-0.25, -0.2) is 4.98 Å². The van der Waals surface area contributed by atoms with Gasteiger partial charge in [0.05, 0.1) is 10.2 Å². The largest absolute Gasteiger partial charge is 0.356 e. The molecule has 3 nitrogen and oxygen atoms in total. The number of pyridine rings is 1. The first-order valence-electron chi connectivity index (χ1n) is 9.09. The minimum Gasteiger partial charge on any atom is -0.356 e. The molecule has 0 amide bonds. The van der Waals surface area contributed by atoms with Gasteiger partial charge in [0, 0.05) is 29.3 Å². The summed E-state index contributed by atoms with van der Waals surface area (Å²) in [6, 6.07) is 29.1. The lowest BCUT2D eigenvalue weighted by atomic mass is 10.1. The molecule has 1 N–H and O–H groups in total. The number of fused-ring (bicyclic) bond motifs is 1. The van der Waals surface area contributed by atoms with Gasteiger partial charge in [0.1, 0.15) is 5.01 Å². The lowest BCUT2D eigenvalue weighted by molar-refractivity contribution is 1.33. The first kappa shape index (κ1) is 16.7. The normalized spacial score (nSPS) is 10.9. The Morgan fingerprint density at radius 3 is 1.89 bits per heavy atom. The Balaban J connectivity index is 1.33. The van der Waals surface area contributed by atoms with Crippen LogP contribution in [0.3, 0.4) is 0 Å². The van der Waals surface area contributed by atoms with Crippen LogP contribution in [0, 0.1) is 0 Å². The summed E-state index contributed by atoms with van der Waals surface area (Å²) >= 11 is 1.72. The minimum atomic E-state index is 1.05. The van der Waals surface area contributed by atoms with Crippen molar-refractivity contribution in [3.8, 4) is 21.7 Å². The average Bonchev–Trinajstić information content (AvgIpc) is 3.20. The maximum absolute atomic E-state index is 4.73. The molecule has 0 aliphatic carbocycles. The molecule has 0 unspecified atom stereocenters. The van der Waals surface area contributed by atoms with Crippen molar-refractivity contribution in [1.82, 2.24) is 9.97 Å². The van der Waals surface area contributed by atoms with E-state index in [1.807, 2.05) is 30.6 Å². The zero-order valence-electron chi connectivity index (χ0n) is 15.0. The summed E-state index contributed by atoms with van der Waals surface area (Å²) in [7, 11) is 0. The van der Waals surface area contributed by atoms with E-state index in [1.165, 1.54) is 15.8 Å². The Hall–Kier alpha value is -3.50. The van der Waals surface area contributed by atoms with E-state index in [0.717, 1.165) is 27.5 Å². The van der Waals surface area contributed by atoms with Gasteiger partial charge in [-0.15, -0.1) is 11.3 Å². The molecule has 0 aliphatic heterocycles. The third kappa shape index (κ3) is 3.38. The molecule has 0 fully saturated rings. The summed E-state index contributed by atoms with van der Waals surface area (Å²) < 4.78 is 1.22. The second kappa shape index (κ2) is 7.25. The number of rotatable bonds is 4. The molecular weight excluding hydrogens is 362 g/mol. The van der Waals surface area contributed by atoms with Crippen LogP contribution in [0.1, 0.15) is 0 Å². The van der Waals surface area contributed by atoms with Crippen molar-refractivity contribution < 1.29 is 0 Å². The summed E-state index contributed by atoms with van der Waals surface area (Å²) in [5.74, 6) is 0. The first-order chi connectivity index (χ1) is 13.8. The number of aromatic nitrogens is 2. The average molecular weight is 379 g/mol. The Kier molecular flexibility index (Phi) is 4.31. The Morgan fingerprint density at radius 2 is 1.21 bits per heavy atom. The highest BCUT2D eigenvalue weighted by atomic mass is 32.1. The summed E-state index contributed by atoms with van der Waals surface area (Å²) in [6.45, 7) is 0. The van der Waals surface area contributed by atoms with Gasteiger partial charge in [0.15, 0.2) is 0 Å². The highest BCUT2D eigenvalue weighted by Crippen LogP contribution is 2.31. The molecule has 0 saturated carbocycles. The number of benzene rings is 3. The smallest absolute Gasteiger partial charge is 0.124 e. The van der Waals surface area contributed by atoms with Crippen molar-refractivity contribution >= 4 is 32.9 Å². The van der Waals surface area contributed by atoms with Crippen LogP contribution in [0.4, 0.5) is 11.4 Å². The monoisotopic (exact) mass is 379 g/mol. The van der Waals surface area contributed by atoms with E-state index in [2.05, 4.69) is 77.0 Å². The van der Waals surface area contributed by atoms with Gasteiger partial charge in [-0.3, -0.25) is 4.98 Å². The summed E-state index contributed by atoms with van der Waals surface area (Å²) in [4.78, 5) is 8.80. The molecule has 0 aliphatic rings. The quantitative estimate of drug-likeness (QED) is 0.374. The van der Waals surface area contributed by atoms with Gasteiger partial charge in [-0.2, -0.15) is 0 Å². The number of nitrogens with zero attached hydrogens (tertiary/aromatic N) is 2. The number of thiazole rings is 1. The van der Waals surface area contributed by atoms with Crippen molar-refractivity contribution in [3.05, 3.63) is 97.3 Å². The van der Waals surface area contributed by atoms with E-state index in [-0.39, 0.29) is 0 Å². The van der Waals surface area contributed by atoms with Crippen LogP contribution >= 0.6 is 11.3 Å². The predicted molar refractivity (Wildman–Crippen MR) is 118 cm³/mol. The zero-order valence-corrected chi connectivity index (χ0v) is 15.9. The van der Waals surface area contributed by atoms with Crippen LogP contribution in [0.2, 0.25) is 0 Å². The molecule has 0 saturated heterocycles. The summed E-state index contributed by atoms with van der Waals surface area (Å²) in [5, 5.41) is 4.51. The second-order valence-electron chi connectivity index (χ2n) is 6.50. The number of hydrogen-bond acceptors (Lipinski definition) is 4. The van der Waals surface area contributed by atoms with E-state index >= 15 is 0 Å². The van der Waals surface area contributed by atoms with E-state index in [9.17, 15) is 0 Å². The van der Waals surface area contributed by atoms with Crippen molar-refractivity contribution in [2.45, 2.75) is 0 Å². The Labute approximate surface area is 167 Å². The minimum absolute atomic E-state index is 1.05. The van der Waals surface area contributed by atoms with Crippen LogP contribution in [-0.4, -0.2) is 9.97 Å². The van der Waals surface area contributed by atoms with E-state index in [1.54, 1.807) is 11.3 Å². The molecule has 2 heterocycles. The number of nitrogens with one attached hydrogen (secondary N) is 1. The van der Waals surface area contributed by atoms with Gasteiger partial charge in [0.25, 0.3) is 0 Å². The number of hydrogen-bond donors (Lipinski definition) is 1. The highest BCUT2D eigenvalue weighted by molar-refractivity contribution is 7.21. The third-order valence-corrected chi connectivity index (χ3v) is 5.70. The van der Waals surface area contributed by atoms with Crippen LogP contribution in [0.15, 0.2) is 97.3 Å². The maximum atomic E-state index is 4.73. The van der Waals surface area contributed by atoms with Crippen molar-refractivity contribution in [3.63, 3.8) is 0 Å².